The summed E-state index contributed by atoms with van der Waals surface area (Å²) in [5.41, 5.74) is 2.14. The maximum Gasteiger partial charge on any atom is 0.238 e. The number of nitrogens with zero attached hydrogens (tertiary/aromatic N) is 1. The highest BCUT2D eigenvalue weighted by molar-refractivity contribution is 5.94. The third-order valence-corrected chi connectivity index (χ3v) is 3.73. The first-order valence-electron chi connectivity index (χ1n) is 7.83. The zero-order valence-corrected chi connectivity index (χ0v) is 13.4. The fourth-order valence-corrected chi connectivity index (χ4v) is 2.24. The van der Waals surface area contributed by atoms with Crippen LogP contribution in [0.1, 0.15) is 39.5 Å². The van der Waals surface area contributed by atoms with Gasteiger partial charge >= 0.3 is 0 Å². The minimum Gasteiger partial charge on any atom is -0.440 e. The Labute approximate surface area is 130 Å². The molecular formula is C17H23N3O2. The van der Waals surface area contributed by atoms with Gasteiger partial charge in [0.2, 0.25) is 11.8 Å². The maximum atomic E-state index is 11.9. The molecule has 118 valence electrons. The van der Waals surface area contributed by atoms with E-state index < -0.39 is 0 Å². The summed E-state index contributed by atoms with van der Waals surface area (Å²) in [7, 11) is 0. The third kappa shape index (κ3) is 3.65. The molecule has 1 fully saturated rings. The highest BCUT2D eigenvalue weighted by atomic mass is 16.3. The fourth-order valence-electron chi connectivity index (χ4n) is 2.24. The lowest BCUT2D eigenvalue weighted by molar-refractivity contribution is -0.115. The molecule has 0 spiro atoms. The molecule has 1 aromatic carbocycles. The van der Waals surface area contributed by atoms with Crippen molar-refractivity contribution in [3.63, 3.8) is 0 Å². The Bertz CT molecular complexity index is 681. The number of hydrogen-bond donors (Lipinski definition) is 2. The maximum absolute atomic E-state index is 11.9. The summed E-state index contributed by atoms with van der Waals surface area (Å²) < 4.78 is 5.75. The number of carbonyl (C=O) groups excluding carboxylic acids is 1. The van der Waals surface area contributed by atoms with E-state index in [9.17, 15) is 4.79 Å². The van der Waals surface area contributed by atoms with Crippen LogP contribution in [0.4, 0.5) is 5.69 Å². The van der Waals surface area contributed by atoms with E-state index in [1.807, 2.05) is 18.2 Å². The van der Waals surface area contributed by atoms with E-state index in [0.717, 1.165) is 29.2 Å². The van der Waals surface area contributed by atoms with Crippen molar-refractivity contribution in [3.8, 4) is 0 Å². The zero-order chi connectivity index (χ0) is 15.7. The molecule has 1 saturated carbocycles. The van der Waals surface area contributed by atoms with E-state index in [-0.39, 0.29) is 11.3 Å². The van der Waals surface area contributed by atoms with E-state index in [1.165, 1.54) is 12.8 Å². The van der Waals surface area contributed by atoms with Gasteiger partial charge in [0.05, 0.1) is 6.54 Å². The van der Waals surface area contributed by atoms with Crippen LogP contribution in [0.3, 0.4) is 0 Å². The first kappa shape index (κ1) is 15.0. The summed E-state index contributed by atoms with van der Waals surface area (Å²) in [4.78, 5) is 16.4. The van der Waals surface area contributed by atoms with Crippen molar-refractivity contribution in [2.45, 2.75) is 39.0 Å². The molecule has 1 heterocycles. The Kier molecular flexibility index (Phi) is 3.91. The van der Waals surface area contributed by atoms with Gasteiger partial charge in [-0.05, 0) is 43.5 Å². The lowest BCUT2D eigenvalue weighted by Gasteiger charge is -2.11. The lowest BCUT2D eigenvalue weighted by atomic mass is 9.97. The van der Waals surface area contributed by atoms with Crippen LogP contribution in [0.25, 0.3) is 11.1 Å². The Morgan fingerprint density at radius 1 is 1.36 bits per heavy atom. The average molecular weight is 301 g/mol. The minimum absolute atomic E-state index is 0.0282. The van der Waals surface area contributed by atoms with Crippen LogP contribution in [-0.2, 0) is 10.2 Å². The molecule has 0 radical (unpaired) electrons. The number of aromatic nitrogens is 1. The van der Waals surface area contributed by atoms with Crippen molar-refractivity contribution in [3.05, 3.63) is 24.1 Å². The van der Waals surface area contributed by atoms with Crippen molar-refractivity contribution in [2.75, 3.05) is 18.4 Å². The Morgan fingerprint density at radius 2 is 2.14 bits per heavy atom. The summed E-state index contributed by atoms with van der Waals surface area (Å²) in [5, 5.41) is 6.08. The van der Waals surface area contributed by atoms with Crippen LogP contribution >= 0.6 is 0 Å². The third-order valence-electron chi connectivity index (χ3n) is 3.73. The minimum atomic E-state index is -0.130. The number of oxazole rings is 1. The van der Waals surface area contributed by atoms with E-state index in [4.69, 9.17) is 4.42 Å². The van der Waals surface area contributed by atoms with Crippen LogP contribution in [0, 0.1) is 5.92 Å². The molecule has 3 rings (SSSR count). The number of carbonyl (C=O) groups is 1. The SMILES string of the molecule is CC(C)(C)c1nc2cc(NC(=O)CNCC3CC3)ccc2o1. The second-order valence-corrected chi connectivity index (χ2v) is 7.07. The van der Waals surface area contributed by atoms with Gasteiger partial charge in [-0.25, -0.2) is 4.98 Å². The van der Waals surface area contributed by atoms with Crippen molar-refractivity contribution in [1.82, 2.24) is 10.3 Å². The van der Waals surface area contributed by atoms with Crippen molar-refractivity contribution in [1.29, 1.82) is 0 Å². The fraction of sp³-hybridized carbons (Fsp3) is 0.529. The number of hydrogen-bond acceptors (Lipinski definition) is 4. The van der Waals surface area contributed by atoms with Gasteiger partial charge < -0.3 is 15.1 Å². The van der Waals surface area contributed by atoms with Gasteiger partial charge in [0.25, 0.3) is 0 Å². The normalized spacial score (nSPS) is 15.2. The van der Waals surface area contributed by atoms with Gasteiger partial charge in [0.15, 0.2) is 5.58 Å². The summed E-state index contributed by atoms with van der Waals surface area (Å²) in [6.07, 6.45) is 2.57. The summed E-state index contributed by atoms with van der Waals surface area (Å²) in [6, 6.07) is 5.55. The molecule has 0 unspecified atom stereocenters. The molecule has 1 aliphatic rings. The first-order chi connectivity index (χ1) is 10.4. The van der Waals surface area contributed by atoms with E-state index in [0.29, 0.717) is 12.4 Å². The predicted molar refractivity (Wildman–Crippen MR) is 86.9 cm³/mol. The molecule has 0 saturated heterocycles. The second-order valence-electron chi connectivity index (χ2n) is 7.07. The van der Waals surface area contributed by atoms with Gasteiger partial charge in [0, 0.05) is 11.1 Å². The number of rotatable bonds is 5. The molecule has 1 aliphatic carbocycles. The van der Waals surface area contributed by atoms with Gasteiger partial charge in [-0.3, -0.25) is 4.79 Å². The summed E-state index contributed by atoms with van der Waals surface area (Å²) in [5.74, 6) is 1.45. The average Bonchev–Trinajstić information content (AvgIpc) is 3.14. The molecule has 2 aromatic rings. The Morgan fingerprint density at radius 3 is 2.82 bits per heavy atom. The smallest absolute Gasteiger partial charge is 0.238 e. The summed E-state index contributed by atoms with van der Waals surface area (Å²) in [6.45, 7) is 7.47. The molecular weight excluding hydrogens is 278 g/mol. The van der Waals surface area contributed by atoms with Crippen LogP contribution in [0.5, 0.6) is 0 Å². The lowest BCUT2D eigenvalue weighted by Crippen LogP contribution is -2.29. The van der Waals surface area contributed by atoms with Gasteiger partial charge in [-0.15, -0.1) is 0 Å². The number of fused-ring (bicyclic) bond motifs is 1. The van der Waals surface area contributed by atoms with Crippen molar-refractivity contribution >= 4 is 22.7 Å². The topological polar surface area (TPSA) is 67.2 Å². The molecule has 0 atom stereocenters. The second kappa shape index (κ2) is 5.72. The molecule has 5 heteroatoms. The molecule has 1 amide bonds. The molecule has 0 aliphatic heterocycles. The van der Waals surface area contributed by atoms with Crippen molar-refractivity contribution in [2.24, 2.45) is 5.92 Å². The Hall–Kier alpha value is -1.88. The highest BCUT2D eigenvalue weighted by Gasteiger charge is 2.21. The number of anilines is 1. The van der Waals surface area contributed by atoms with Crippen LogP contribution in [-0.4, -0.2) is 24.0 Å². The Balaban J connectivity index is 1.64. The largest absolute Gasteiger partial charge is 0.440 e. The van der Waals surface area contributed by atoms with Crippen molar-refractivity contribution < 1.29 is 9.21 Å². The zero-order valence-electron chi connectivity index (χ0n) is 13.4. The molecule has 22 heavy (non-hydrogen) atoms. The summed E-state index contributed by atoms with van der Waals surface area (Å²) >= 11 is 0. The van der Waals surface area contributed by atoms with E-state index >= 15 is 0 Å². The number of benzene rings is 1. The molecule has 2 N–H and O–H groups in total. The number of nitrogens with one attached hydrogen (secondary N) is 2. The van der Waals surface area contributed by atoms with Gasteiger partial charge in [0.1, 0.15) is 5.52 Å². The highest BCUT2D eigenvalue weighted by Crippen LogP contribution is 2.28. The van der Waals surface area contributed by atoms with Gasteiger partial charge in [-0.2, -0.15) is 0 Å². The quantitative estimate of drug-likeness (QED) is 0.890. The first-order valence-corrected chi connectivity index (χ1v) is 7.83. The monoisotopic (exact) mass is 301 g/mol. The van der Waals surface area contributed by atoms with E-state index in [2.05, 4.69) is 36.4 Å². The van der Waals surface area contributed by atoms with Gasteiger partial charge in [-0.1, -0.05) is 20.8 Å². The van der Waals surface area contributed by atoms with E-state index in [1.54, 1.807) is 0 Å². The molecule has 1 aromatic heterocycles. The number of amides is 1. The standard InChI is InChI=1S/C17H23N3O2/c1-17(2,3)16-20-13-8-12(6-7-14(13)22-16)19-15(21)10-18-9-11-4-5-11/h6-8,11,18H,4-5,9-10H2,1-3H3,(H,19,21). The molecule has 5 nitrogen and oxygen atoms in total. The predicted octanol–water partition coefficient (Wildman–Crippen LogP) is 3.06. The molecule has 0 bridgehead atoms. The van der Waals surface area contributed by atoms with Crippen LogP contribution < -0.4 is 10.6 Å². The van der Waals surface area contributed by atoms with Crippen LogP contribution in [0.2, 0.25) is 0 Å². The van der Waals surface area contributed by atoms with Crippen LogP contribution in [0.15, 0.2) is 22.6 Å².